The van der Waals surface area contributed by atoms with Crippen molar-refractivity contribution in [1.29, 1.82) is 0 Å². The third-order valence-electron chi connectivity index (χ3n) is 0.576. The molecule has 1 amide bonds. The Morgan fingerprint density at radius 1 is 1.90 bits per heavy atom. The largest absolute Gasteiger partial charge is 0.397 e. The van der Waals surface area contributed by atoms with Gasteiger partial charge in [-0.2, -0.15) is 0 Å². The maximum atomic E-state index is 10.2. The average molecular weight is 179 g/mol. The number of carbonyl (C=O) groups is 1. The molecule has 0 radical (unpaired) electrons. The first kappa shape index (κ1) is 9.87. The molecule has 0 aromatic carbocycles. The van der Waals surface area contributed by atoms with E-state index in [2.05, 4.69) is 17.5 Å². The average Bonchev–Trinajstić information content (AvgIpc) is 2.17. The zero-order chi connectivity index (χ0) is 7.98. The van der Waals surface area contributed by atoms with E-state index in [0.717, 1.165) is 0 Å². The highest BCUT2D eigenvalue weighted by Gasteiger charge is 2.13. The second-order valence-corrected chi connectivity index (χ2v) is 3.09. The van der Waals surface area contributed by atoms with Crippen molar-refractivity contribution in [3.8, 4) is 0 Å². The van der Waals surface area contributed by atoms with Crippen molar-refractivity contribution < 1.29 is 9.90 Å². The molecule has 0 bridgehead atoms. The van der Waals surface area contributed by atoms with Gasteiger partial charge in [-0.15, -0.1) is 0 Å². The van der Waals surface area contributed by atoms with Crippen LogP contribution in [0.5, 0.6) is 0 Å². The summed E-state index contributed by atoms with van der Waals surface area (Å²) in [7, 11) is 0. The van der Waals surface area contributed by atoms with E-state index in [0.29, 0.717) is 10.1 Å². The van der Waals surface area contributed by atoms with E-state index in [1.54, 1.807) is 6.92 Å². The Hall–Kier alpha value is -0.130. The molecular weight excluding hydrogens is 170 g/mol. The summed E-state index contributed by atoms with van der Waals surface area (Å²) in [5.41, 5.74) is 0. The highest BCUT2D eigenvalue weighted by molar-refractivity contribution is 8.24. The topological polar surface area (TPSA) is 49.3 Å². The summed E-state index contributed by atoms with van der Waals surface area (Å²) in [5, 5.41) is 10.0. The van der Waals surface area contributed by atoms with Gasteiger partial charge in [-0.1, -0.05) is 24.0 Å². The van der Waals surface area contributed by atoms with E-state index in [1.165, 1.54) is 11.8 Å². The molecule has 0 aromatic rings. The maximum absolute atomic E-state index is 10.2. The van der Waals surface area contributed by atoms with E-state index in [9.17, 15) is 4.79 Å². The van der Waals surface area contributed by atoms with Gasteiger partial charge in [0.2, 0.25) is 5.91 Å². The SMILES string of the molecule is CCO.O=C1CSC(=S)N1. The number of rotatable bonds is 0. The monoisotopic (exact) mass is 179 g/mol. The van der Waals surface area contributed by atoms with Crippen LogP contribution >= 0.6 is 24.0 Å². The van der Waals surface area contributed by atoms with Crippen LogP contribution in [0.4, 0.5) is 0 Å². The van der Waals surface area contributed by atoms with E-state index < -0.39 is 0 Å². The fraction of sp³-hybridized carbons (Fsp3) is 0.600. The van der Waals surface area contributed by atoms with Crippen LogP contribution < -0.4 is 5.32 Å². The smallest absolute Gasteiger partial charge is 0.235 e. The Balaban J connectivity index is 0.000000236. The summed E-state index contributed by atoms with van der Waals surface area (Å²) in [6, 6.07) is 0. The van der Waals surface area contributed by atoms with Gasteiger partial charge in [0.05, 0.1) is 5.75 Å². The number of hydrogen-bond acceptors (Lipinski definition) is 4. The lowest BCUT2D eigenvalue weighted by molar-refractivity contribution is -0.116. The van der Waals surface area contributed by atoms with Crippen molar-refractivity contribution in [2.24, 2.45) is 0 Å². The number of thiocarbonyl (C=S) groups is 1. The van der Waals surface area contributed by atoms with Crippen LogP contribution in [0.15, 0.2) is 0 Å². The molecule has 0 aliphatic carbocycles. The number of amides is 1. The fourth-order valence-electron chi connectivity index (χ4n) is 0.317. The number of nitrogens with one attached hydrogen (secondary N) is 1. The highest BCUT2D eigenvalue weighted by Crippen LogP contribution is 2.06. The number of aliphatic hydroxyl groups is 1. The Labute approximate surface area is 69.2 Å². The summed E-state index contributed by atoms with van der Waals surface area (Å²) in [5.74, 6) is 0.522. The fourth-order valence-corrected chi connectivity index (χ4v) is 1.13. The minimum Gasteiger partial charge on any atom is -0.397 e. The van der Waals surface area contributed by atoms with Gasteiger partial charge in [0.1, 0.15) is 4.32 Å². The zero-order valence-corrected chi connectivity index (χ0v) is 7.22. The Kier molecular flexibility index (Phi) is 5.57. The number of hydrogen-bond donors (Lipinski definition) is 2. The third-order valence-corrected chi connectivity index (χ3v) is 1.80. The van der Waals surface area contributed by atoms with E-state index in [-0.39, 0.29) is 12.5 Å². The van der Waals surface area contributed by atoms with Crippen LogP contribution in [-0.4, -0.2) is 27.7 Å². The van der Waals surface area contributed by atoms with Crippen molar-refractivity contribution in [1.82, 2.24) is 5.32 Å². The number of carbonyl (C=O) groups excluding carboxylic acids is 1. The van der Waals surface area contributed by atoms with Crippen LogP contribution in [0, 0.1) is 0 Å². The molecule has 0 unspecified atom stereocenters. The first-order chi connectivity index (χ1) is 4.70. The van der Waals surface area contributed by atoms with Crippen molar-refractivity contribution in [3.05, 3.63) is 0 Å². The van der Waals surface area contributed by atoms with Crippen LogP contribution in [0.1, 0.15) is 6.92 Å². The molecule has 1 aliphatic heterocycles. The van der Waals surface area contributed by atoms with E-state index in [4.69, 9.17) is 5.11 Å². The molecule has 2 N–H and O–H groups in total. The molecule has 1 fully saturated rings. The molecule has 0 spiro atoms. The van der Waals surface area contributed by atoms with Gasteiger partial charge < -0.3 is 10.4 Å². The molecule has 0 aromatic heterocycles. The summed E-state index contributed by atoms with van der Waals surface area (Å²) >= 11 is 6.00. The molecule has 10 heavy (non-hydrogen) atoms. The van der Waals surface area contributed by atoms with Crippen LogP contribution in [0.25, 0.3) is 0 Å². The third kappa shape index (κ3) is 4.72. The molecule has 5 heteroatoms. The number of thioether (sulfide) groups is 1. The van der Waals surface area contributed by atoms with Crippen molar-refractivity contribution >= 4 is 34.2 Å². The first-order valence-corrected chi connectivity index (χ1v) is 4.17. The van der Waals surface area contributed by atoms with Crippen molar-refractivity contribution in [2.75, 3.05) is 12.4 Å². The molecule has 1 saturated heterocycles. The lowest BCUT2D eigenvalue weighted by Gasteiger charge is -1.81. The second kappa shape index (κ2) is 5.64. The van der Waals surface area contributed by atoms with Crippen molar-refractivity contribution in [2.45, 2.75) is 6.92 Å². The lowest BCUT2D eigenvalue weighted by Crippen LogP contribution is -2.18. The molecule has 0 atom stereocenters. The zero-order valence-electron chi connectivity index (χ0n) is 5.59. The molecular formula is C5H9NO2S2. The van der Waals surface area contributed by atoms with Gasteiger partial charge in [-0.3, -0.25) is 4.79 Å². The first-order valence-electron chi connectivity index (χ1n) is 2.78. The summed E-state index contributed by atoms with van der Waals surface area (Å²) in [6.45, 7) is 1.93. The maximum Gasteiger partial charge on any atom is 0.235 e. The second-order valence-electron chi connectivity index (χ2n) is 1.44. The standard InChI is InChI=1S/C3H3NOS2.C2H6O/c5-2-1-7-3(6)4-2;1-2-3/h1H2,(H,4,5,6);3H,2H2,1H3. The quantitative estimate of drug-likeness (QED) is 0.519. The molecule has 58 valence electrons. The Morgan fingerprint density at radius 2 is 2.40 bits per heavy atom. The predicted octanol–water partition coefficient (Wildman–Crippen LogP) is 0.133. The Morgan fingerprint density at radius 3 is 2.50 bits per heavy atom. The molecule has 0 saturated carbocycles. The summed E-state index contributed by atoms with van der Waals surface area (Å²) in [4.78, 5) is 10.2. The van der Waals surface area contributed by atoms with E-state index >= 15 is 0 Å². The Bertz CT molecular complexity index is 124. The van der Waals surface area contributed by atoms with Gasteiger partial charge in [0, 0.05) is 6.61 Å². The number of aliphatic hydroxyl groups excluding tert-OH is 1. The van der Waals surface area contributed by atoms with Gasteiger partial charge >= 0.3 is 0 Å². The summed E-state index contributed by atoms with van der Waals surface area (Å²) in [6.07, 6.45) is 0. The highest BCUT2D eigenvalue weighted by atomic mass is 32.2. The normalized spacial score (nSPS) is 15.8. The van der Waals surface area contributed by atoms with Crippen LogP contribution in [0.3, 0.4) is 0 Å². The van der Waals surface area contributed by atoms with Crippen LogP contribution in [0.2, 0.25) is 0 Å². The predicted molar refractivity (Wildman–Crippen MR) is 46.0 cm³/mol. The van der Waals surface area contributed by atoms with Gasteiger partial charge in [0.15, 0.2) is 0 Å². The van der Waals surface area contributed by atoms with Gasteiger partial charge in [-0.25, -0.2) is 0 Å². The molecule has 1 heterocycles. The minimum absolute atomic E-state index is 0.0231. The minimum atomic E-state index is 0.0231. The van der Waals surface area contributed by atoms with E-state index in [1.807, 2.05) is 0 Å². The molecule has 3 nitrogen and oxygen atoms in total. The van der Waals surface area contributed by atoms with Gasteiger partial charge in [0.25, 0.3) is 0 Å². The molecule has 1 aliphatic rings. The lowest BCUT2D eigenvalue weighted by atomic mass is 10.7. The van der Waals surface area contributed by atoms with Crippen LogP contribution in [-0.2, 0) is 4.79 Å². The van der Waals surface area contributed by atoms with Crippen molar-refractivity contribution in [3.63, 3.8) is 0 Å². The summed E-state index contributed by atoms with van der Waals surface area (Å²) < 4.78 is 0.602. The molecule has 1 rings (SSSR count). The van der Waals surface area contributed by atoms with Gasteiger partial charge in [-0.05, 0) is 6.92 Å².